The van der Waals surface area contributed by atoms with Crippen LogP contribution in [-0.2, 0) is 14.3 Å². The number of Topliss-reactive ketones (excluding diaryl/α,β-unsaturated/α-hetero) is 1. The van der Waals surface area contributed by atoms with Crippen molar-refractivity contribution < 1.29 is 50.4 Å². The van der Waals surface area contributed by atoms with Crippen LogP contribution in [0.3, 0.4) is 0 Å². The summed E-state index contributed by atoms with van der Waals surface area (Å²) < 4.78 is 10.5. The van der Waals surface area contributed by atoms with Crippen molar-refractivity contribution in [3.8, 4) is 0 Å². The van der Waals surface area contributed by atoms with Gasteiger partial charge >= 0.3 is 29.6 Å². The summed E-state index contributed by atoms with van der Waals surface area (Å²) in [7, 11) is 0. The molecule has 0 aromatic carbocycles. The third-order valence-electron chi connectivity index (χ3n) is 2.23. The maximum absolute atomic E-state index is 11.5. The van der Waals surface area contributed by atoms with Crippen LogP contribution in [0.5, 0.6) is 0 Å². The normalized spacial score (nSPS) is 11.9. The van der Waals surface area contributed by atoms with Gasteiger partial charge in [-0.15, -0.1) is 0 Å². The van der Waals surface area contributed by atoms with Crippen LogP contribution in [0.15, 0.2) is 0 Å². The minimum Gasteiger partial charge on any atom is -1.00 e. The summed E-state index contributed by atoms with van der Waals surface area (Å²) in [4.78, 5) is 11.5. The van der Waals surface area contributed by atoms with Gasteiger partial charge in [-0.05, 0) is 12.8 Å². The van der Waals surface area contributed by atoms with Gasteiger partial charge in [-0.25, -0.2) is 0 Å². The molecule has 4 nitrogen and oxygen atoms in total. The van der Waals surface area contributed by atoms with Crippen LogP contribution in [-0.4, -0.2) is 43.4 Å². The smallest absolute Gasteiger partial charge is 1.00 e. The van der Waals surface area contributed by atoms with E-state index in [1.54, 1.807) is 0 Å². The number of hydrogen-bond donors (Lipinski definition) is 1. The molecule has 1 atom stereocenters. The number of ketones is 1. The Kier molecular flexibility index (Phi) is 17.1. The Balaban J connectivity index is -0.00000112. The molecule has 0 aliphatic heterocycles. The Hall–Kier alpha value is 0.550. The Labute approximate surface area is 128 Å². The van der Waals surface area contributed by atoms with E-state index in [0.29, 0.717) is 13.2 Å². The summed E-state index contributed by atoms with van der Waals surface area (Å²) in [6.45, 7) is 5.00. The summed E-state index contributed by atoms with van der Waals surface area (Å²) in [5.41, 5.74) is 0. The first-order valence-corrected chi connectivity index (χ1v) is 6.09. The van der Waals surface area contributed by atoms with Crippen molar-refractivity contribution in [1.29, 1.82) is 0 Å². The van der Waals surface area contributed by atoms with Gasteiger partial charge in [-0.2, -0.15) is 0 Å². The van der Waals surface area contributed by atoms with Crippen LogP contribution in [0.25, 0.3) is 0 Å². The topological polar surface area (TPSA) is 55.8 Å². The molecule has 0 rings (SSSR count). The van der Waals surface area contributed by atoms with Crippen LogP contribution >= 0.6 is 0 Å². The van der Waals surface area contributed by atoms with E-state index in [-0.39, 0.29) is 50.0 Å². The number of unbranched alkanes of at least 4 members (excludes halogenated alkanes) is 2. The fraction of sp³-hybridized carbons (Fsp3) is 0.917. The molecule has 0 aromatic heterocycles. The van der Waals surface area contributed by atoms with Crippen molar-refractivity contribution in [3.63, 3.8) is 0 Å². The summed E-state index contributed by atoms with van der Waals surface area (Å²) in [6.07, 6.45) is 3.20. The molecule has 0 aromatic rings. The van der Waals surface area contributed by atoms with Crippen molar-refractivity contribution in [2.24, 2.45) is 0 Å². The van der Waals surface area contributed by atoms with Gasteiger partial charge in [-0.3, -0.25) is 4.79 Å². The molecule has 0 saturated heterocycles. The van der Waals surface area contributed by atoms with Crippen LogP contribution in [0.1, 0.15) is 41.0 Å². The fourth-order valence-electron chi connectivity index (χ4n) is 1.13. The Bertz CT molecular complexity index is 181. The van der Waals surface area contributed by atoms with E-state index >= 15 is 0 Å². The third kappa shape index (κ3) is 11.4. The summed E-state index contributed by atoms with van der Waals surface area (Å²) in [6, 6.07) is 0. The molecule has 0 aliphatic rings. The van der Waals surface area contributed by atoms with Crippen molar-refractivity contribution in [2.75, 3.05) is 26.4 Å². The Morgan fingerprint density at radius 3 is 2.35 bits per heavy atom. The fourth-order valence-corrected chi connectivity index (χ4v) is 1.13. The van der Waals surface area contributed by atoms with Gasteiger partial charge in [0.2, 0.25) is 0 Å². The Morgan fingerprint density at radius 2 is 1.82 bits per heavy atom. The molecule has 0 spiro atoms. The van der Waals surface area contributed by atoms with Gasteiger partial charge in [0.25, 0.3) is 0 Å². The van der Waals surface area contributed by atoms with Crippen molar-refractivity contribution in [1.82, 2.24) is 0 Å². The zero-order chi connectivity index (χ0) is 12.2. The molecule has 0 bridgehead atoms. The van der Waals surface area contributed by atoms with Gasteiger partial charge < -0.3 is 16.0 Å². The number of carbonyl (C=O) groups excluding carboxylic acids is 1. The number of hydrogen-bond acceptors (Lipinski definition) is 4. The van der Waals surface area contributed by atoms with E-state index in [0.717, 1.165) is 25.7 Å². The van der Waals surface area contributed by atoms with Gasteiger partial charge in [0.15, 0.2) is 5.78 Å². The van der Waals surface area contributed by atoms with Gasteiger partial charge in [0.05, 0.1) is 6.61 Å². The van der Waals surface area contributed by atoms with Gasteiger partial charge in [0.1, 0.15) is 12.7 Å². The molecule has 5 heteroatoms. The standard InChI is InChI=1S/C12H24O4.Na.H/c1-3-5-7-15-10-11(14)12(9-13)16-8-6-4-2;;/h12-13H,3-10H2,1-2H3;;/q;+1;-1. The molecule has 0 aliphatic carbocycles. The van der Waals surface area contributed by atoms with E-state index in [4.69, 9.17) is 14.6 Å². The first kappa shape index (κ1) is 19.9. The molecular weight excluding hydrogens is 231 g/mol. The molecule has 0 amide bonds. The second-order valence-electron chi connectivity index (χ2n) is 3.77. The van der Waals surface area contributed by atoms with Crippen molar-refractivity contribution >= 4 is 5.78 Å². The molecule has 1 N–H and O–H groups in total. The predicted octanol–water partition coefficient (Wildman–Crippen LogP) is -1.33. The van der Waals surface area contributed by atoms with Gasteiger partial charge in [-0.1, -0.05) is 26.7 Å². The van der Waals surface area contributed by atoms with E-state index in [9.17, 15) is 4.79 Å². The molecule has 0 heterocycles. The molecule has 0 radical (unpaired) electrons. The number of carbonyl (C=O) groups is 1. The number of rotatable bonds is 11. The predicted molar refractivity (Wildman–Crippen MR) is 63.6 cm³/mol. The summed E-state index contributed by atoms with van der Waals surface area (Å²) in [5, 5.41) is 9.00. The zero-order valence-electron chi connectivity index (χ0n) is 12.4. The van der Waals surface area contributed by atoms with E-state index < -0.39 is 6.10 Å². The first-order chi connectivity index (χ1) is 7.76. The molecular formula is C12H25NaO4. The molecule has 0 saturated carbocycles. The number of ether oxygens (including phenoxy) is 2. The second-order valence-corrected chi connectivity index (χ2v) is 3.77. The van der Waals surface area contributed by atoms with Gasteiger partial charge in [0, 0.05) is 13.2 Å². The number of aliphatic hydroxyl groups is 1. The minimum atomic E-state index is -0.715. The SMILES string of the molecule is CCCCOCC(=O)C(CO)OCCCC.[H-].[Na+]. The zero-order valence-corrected chi connectivity index (χ0v) is 13.4. The monoisotopic (exact) mass is 256 g/mol. The van der Waals surface area contributed by atoms with E-state index in [1.807, 2.05) is 6.92 Å². The first-order valence-electron chi connectivity index (χ1n) is 6.09. The van der Waals surface area contributed by atoms with Crippen LogP contribution in [0.4, 0.5) is 0 Å². The summed E-state index contributed by atoms with van der Waals surface area (Å²) in [5.74, 6) is -0.172. The van der Waals surface area contributed by atoms with Crippen molar-refractivity contribution in [3.05, 3.63) is 0 Å². The van der Waals surface area contributed by atoms with Crippen LogP contribution in [0, 0.1) is 0 Å². The second kappa shape index (κ2) is 14.6. The third-order valence-corrected chi connectivity index (χ3v) is 2.23. The summed E-state index contributed by atoms with van der Waals surface area (Å²) >= 11 is 0. The quantitative estimate of drug-likeness (QED) is 0.367. The van der Waals surface area contributed by atoms with Crippen LogP contribution in [0.2, 0.25) is 0 Å². The average molecular weight is 256 g/mol. The minimum absolute atomic E-state index is 0. The molecule has 17 heavy (non-hydrogen) atoms. The molecule has 0 fully saturated rings. The maximum atomic E-state index is 11.5. The van der Waals surface area contributed by atoms with Crippen LogP contribution < -0.4 is 29.6 Å². The van der Waals surface area contributed by atoms with E-state index in [2.05, 4.69) is 6.92 Å². The maximum Gasteiger partial charge on any atom is 1.00 e. The largest absolute Gasteiger partial charge is 1.00 e. The molecule has 98 valence electrons. The van der Waals surface area contributed by atoms with Crippen molar-refractivity contribution in [2.45, 2.75) is 45.6 Å². The molecule has 1 unspecified atom stereocenters. The Morgan fingerprint density at radius 1 is 1.24 bits per heavy atom. The van der Waals surface area contributed by atoms with E-state index in [1.165, 1.54) is 0 Å². The number of aliphatic hydroxyl groups excluding tert-OH is 1. The average Bonchev–Trinajstić information content (AvgIpc) is 2.30.